The van der Waals surface area contributed by atoms with Gasteiger partial charge in [0.25, 0.3) is 0 Å². The molecule has 0 amide bonds. The van der Waals surface area contributed by atoms with Gasteiger partial charge in [-0.15, -0.1) is 5.10 Å². The standard InChI is InChI=1S/C11H11N5S/c1-8-5-3-4-6-10(8)16-11(13-14-15-16)17-9(2)7-12/h3-6,9H,1-2H3/t9-/m0/s1. The second-order valence-electron chi connectivity index (χ2n) is 3.55. The maximum Gasteiger partial charge on any atom is 0.215 e. The Kier molecular flexibility index (Phi) is 3.40. The van der Waals surface area contributed by atoms with Crippen LogP contribution in [-0.4, -0.2) is 25.5 Å². The van der Waals surface area contributed by atoms with Crippen LogP contribution < -0.4 is 0 Å². The largest absolute Gasteiger partial charge is 0.215 e. The topological polar surface area (TPSA) is 67.4 Å². The highest BCUT2D eigenvalue weighted by Gasteiger charge is 2.13. The predicted octanol–water partition coefficient (Wildman–Crippen LogP) is 1.97. The lowest BCUT2D eigenvalue weighted by molar-refractivity contribution is 0.751. The van der Waals surface area contributed by atoms with Gasteiger partial charge in [-0.25, -0.2) is 0 Å². The van der Waals surface area contributed by atoms with Crippen LogP contribution in [0.4, 0.5) is 0 Å². The Morgan fingerprint density at radius 2 is 2.18 bits per heavy atom. The van der Waals surface area contributed by atoms with Crippen molar-refractivity contribution in [2.45, 2.75) is 24.3 Å². The average molecular weight is 245 g/mol. The third-order valence-corrected chi connectivity index (χ3v) is 3.17. The van der Waals surface area contributed by atoms with E-state index in [9.17, 15) is 0 Å². The zero-order valence-electron chi connectivity index (χ0n) is 9.53. The molecule has 1 aromatic heterocycles. The molecule has 86 valence electrons. The Morgan fingerprint density at radius 1 is 1.41 bits per heavy atom. The molecule has 1 atom stereocenters. The first kappa shape index (κ1) is 11.6. The minimum atomic E-state index is -0.177. The maximum atomic E-state index is 8.80. The first-order chi connectivity index (χ1) is 8.22. The monoisotopic (exact) mass is 245 g/mol. The number of hydrogen-bond acceptors (Lipinski definition) is 5. The molecule has 0 unspecified atom stereocenters. The molecule has 17 heavy (non-hydrogen) atoms. The normalized spacial score (nSPS) is 12.1. The van der Waals surface area contributed by atoms with Gasteiger partial charge in [0.15, 0.2) is 0 Å². The summed E-state index contributed by atoms with van der Waals surface area (Å²) in [5.41, 5.74) is 2.02. The van der Waals surface area contributed by atoms with Crippen LogP contribution in [0.15, 0.2) is 29.4 Å². The third kappa shape index (κ3) is 2.45. The lowest BCUT2D eigenvalue weighted by Gasteiger charge is -2.07. The van der Waals surface area contributed by atoms with Gasteiger partial charge >= 0.3 is 0 Å². The van der Waals surface area contributed by atoms with Gasteiger partial charge in [0, 0.05) is 0 Å². The van der Waals surface area contributed by atoms with Crippen LogP contribution in [0.3, 0.4) is 0 Å². The Hall–Kier alpha value is -1.87. The Balaban J connectivity index is 2.38. The Bertz CT molecular complexity index is 557. The molecule has 0 aliphatic carbocycles. The third-order valence-electron chi connectivity index (χ3n) is 2.25. The number of nitriles is 1. The number of aromatic nitrogens is 4. The van der Waals surface area contributed by atoms with E-state index < -0.39 is 0 Å². The van der Waals surface area contributed by atoms with Crippen LogP contribution in [0.25, 0.3) is 5.69 Å². The molecule has 0 saturated carbocycles. The van der Waals surface area contributed by atoms with E-state index >= 15 is 0 Å². The van der Waals surface area contributed by atoms with Crippen LogP contribution >= 0.6 is 11.8 Å². The lowest BCUT2D eigenvalue weighted by Crippen LogP contribution is -2.03. The smallest absolute Gasteiger partial charge is 0.197 e. The van der Waals surface area contributed by atoms with E-state index in [-0.39, 0.29) is 5.25 Å². The molecular formula is C11H11N5S. The zero-order valence-corrected chi connectivity index (χ0v) is 10.3. The highest BCUT2D eigenvalue weighted by molar-refractivity contribution is 8.00. The molecular weight excluding hydrogens is 234 g/mol. The van der Waals surface area contributed by atoms with E-state index in [1.54, 1.807) is 4.68 Å². The molecule has 0 bridgehead atoms. The molecule has 0 spiro atoms. The maximum absolute atomic E-state index is 8.80. The van der Waals surface area contributed by atoms with E-state index in [4.69, 9.17) is 5.26 Å². The van der Waals surface area contributed by atoms with Crippen LogP contribution in [-0.2, 0) is 0 Å². The van der Waals surface area contributed by atoms with E-state index in [0.29, 0.717) is 5.16 Å². The quantitative estimate of drug-likeness (QED) is 0.773. The van der Waals surface area contributed by atoms with Crippen molar-refractivity contribution in [3.8, 4) is 11.8 Å². The van der Waals surface area contributed by atoms with E-state index in [0.717, 1.165) is 11.3 Å². The van der Waals surface area contributed by atoms with Gasteiger partial charge in [0.1, 0.15) is 0 Å². The van der Waals surface area contributed by atoms with E-state index in [2.05, 4.69) is 21.6 Å². The van der Waals surface area contributed by atoms with Crippen molar-refractivity contribution in [2.75, 3.05) is 0 Å². The molecule has 0 aliphatic rings. The SMILES string of the molecule is Cc1ccccc1-n1nnnc1S[C@@H](C)C#N. The summed E-state index contributed by atoms with van der Waals surface area (Å²) >= 11 is 1.35. The van der Waals surface area contributed by atoms with Gasteiger partial charge in [0.05, 0.1) is 17.0 Å². The summed E-state index contributed by atoms with van der Waals surface area (Å²) in [7, 11) is 0. The fraction of sp³-hybridized carbons (Fsp3) is 0.273. The van der Waals surface area contributed by atoms with Crippen molar-refractivity contribution in [1.29, 1.82) is 5.26 Å². The summed E-state index contributed by atoms with van der Waals surface area (Å²) in [6.07, 6.45) is 0. The minimum Gasteiger partial charge on any atom is -0.197 e. The van der Waals surface area contributed by atoms with Crippen molar-refractivity contribution in [1.82, 2.24) is 20.2 Å². The second kappa shape index (κ2) is 4.97. The number of para-hydroxylation sites is 1. The molecule has 2 rings (SSSR count). The van der Waals surface area contributed by atoms with Crippen LogP contribution in [0.5, 0.6) is 0 Å². The fourth-order valence-electron chi connectivity index (χ4n) is 1.39. The number of aryl methyl sites for hydroxylation is 1. The van der Waals surface area contributed by atoms with E-state index in [1.165, 1.54) is 11.8 Å². The molecule has 0 saturated heterocycles. The van der Waals surface area contributed by atoms with Crippen molar-refractivity contribution in [3.63, 3.8) is 0 Å². The fourth-order valence-corrected chi connectivity index (χ4v) is 2.08. The molecule has 0 N–H and O–H groups in total. The van der Waals surface area contributed by atoms with Crippen molar-refractivity contribution in [2.24, 2.45) is 0 Å². The summed E-state index contributed by atoms with van der Waals surface area (Å²) in [4.78, 5) is 0. The molecule has 6 heteroatoms. The highest BCUT2D eigenvalue weighted by atomic mass is 32.2. The number of thioether (sulfide) groups is 1. The number of nitrogens with zero attached hydrogens (tertiary/aromatic N) is 5. The first-order valence-corrected chi connectivity index (χ1v) is 6.01. The number of benzene rings is 1. The highest BCUT2D eigenvalue weighted by Crippen LogP contribution is 2.23. The van der Waals surface area contributed by atoms with Crippen molar-refractivity contribution < 1.29 is 0 Å². The molecule has 0 fully saturated rings. The van der Waals surface area contributed by atoms with E-state index in [1.807, 2.05) is 38.1 Å². The molecule has 2 aromatic rings. The number of tetrazole rings is 1. The Labute approximate surface area is 103 Å². The predicted molar refractivity (Wildman–Crippen MR) is 64.8 cm³/mol. The molecule has 1 aromatic carbocycles. The van der Waals surface area contributed by atoms with Gasteiger partial charge in [-0.2, -0.15) is 9.94 Å². The summed E-state index contributed by atoms with van der Waals surface area (Å²) < 4.78 is 1.66. The van der Waals surface area contributed by atoms with Gasteiger partial charge in [-0.05, 0) is 35.9 Å². The molecule has 0 radical (unpaired) electrons. The molecule has 5 nitrogen and oxygen atoms in total. The summed E-state index contributed by atoms with van der Waals surface area (Å²) in [6, 6.07) is 10.0. The number of rotatable bonds is 3. The summed E-state index contributed by atoms with van der Waals surface area (Å²) in [6.45, 7) is 3.82. The lowest BCUT2D eigenvalue weighted by atomic mass is 10.2. The van der Waals surface area contributed by atoms with Gasteiger partial charge in [-0.3, -0.25) is 0 Å². The number of hydrogen-bond donors (Lipinski definition) is 0. The Morgan fingerprint density at radius 3 is 2.88 bits per heavy atom. The van der Waals surface area contributed by atoms with Gasteiger partial charge in [-0.1, -0.05) is 30.0 Å². The van der Waals surface area contributed by atoms with Gasteiger partial charge < -0.3 is 0 Å². The van der Waals surface area contributed by atoms with Crippen LogP contribution in [0, 0.1) is 18.3 Å². The molecule has 1 heterocycles. The van der Waals surface area contributed by atoms with Crippen LogP contribution in [0.2, 0.25) is 0 Å². The van der Waals surface area contributed by atoms with Crippen LogP contribution in [0.1, 0.15) is 12.5 Å². The van der Waals surface area contributed by atoms with Gasteiger partial charge in [0.2, 0.25) is 5.16 Å². The summed E-state index contributed by atoms with van der Waals surface area (Å²) in [5, 5.41) is 20.8. The second-order valence-corrected chi connectivity index (χ2v) is 4.86. The van der Waals surface area contributed by atoms with Crippen molar-refractivity contribution >= 4 is 11.8 Å². The first-order valence-electron chi connectivity index (χ1n) is 5.13. The zero-order chi connectivity index (χ0) is 12.3. The minimum absolute atomic E-state index is 0.177. The summed E-state index contributed by atoms with van der Waals surface area (Å²) in [5.74, 6) is 0. The van der Waals surface area contributed by atoms with Crippen molar-refractivity contribution in [3.05, 3.63) is 29.8 Å². The average Bonchev–Trinajstić information content (AvgIpc) is 2.77. The molecule has 0 aliphatic heterocycles.